The molecule has 1 spiro atoms. The highest BCUT2D eigenvalue weighted by Crippen LogP contribution is 2.62. The van der Waals surface area contributed by atoms with Crippen molar-refractivity contribution in [2.24, 2.45) is 16.7 Å². The molecule has 3 aliphatic heterocycles. The number of nitrogens with zero attached hydrogens (tertiary/aromatic N) is 5. The van der Waals surface area contributed by atoms with Gasteiger partial charge >= 0.3 is 5.97 Å². The molecule has 1 aromatic heterocycles. The standard InChI is InChI=1S/C39H45BrFN5O4/c1-4-26-21-42-37(43-22-26)45-14-8-27(9-15-45)28-6-5-7-29(18-28)34(47)46-23-33-38(10-11-39(33,24-46)36(49)50-3)12-16-44(17-13-38)35(48)31-19-30(41)20-32(40)25(31)2/h5-7,18-22,27,33H,4,8-17,23-24H2,1-3H3/t33-,39?/m0/s1. The van der Waals surface area contributed by atoms with E-state index in [1.807, 2.05) is 42.4 Å². The Morgan fingerprint density at radius 1 is 0.960 bits per heavy atom. The van der Waals surface area contributed by atoms with Gasteiger partial charge in [0, 0.05) is 73.2 Å². The smallest absolute Gasteiger partial charge is 0.313 e. The van der Waals surface area contributed by atoms with Gasteiger partial charge in [-0.1, -0.05) is 35.0 Å². The Balaban J connectivity index is 1.04. The summed E-state index contributed by atoms with van der Waals surface area (Å²) < 4.78 is 20.2. The molecule has 3 aromatic rings. The largest absolute Gasteiger partial charge is 0.469 e. The van der Waals surface area contributed by atoms with Crippen molar-refractivity contribution in [2.75, 3.05) is 51.3 Å². The predicted molar refractivity (Wildman–Crippen MR) is 192 cm³/mol. The molecular formula is C39H45BrFN5O4. The van der Waals surface area contributed by atoms with Gasteiger partial charge in [0.1, 0.15) is 5.82 Å². The summed E-state index contributed by atoms with van der Waals surface area (Å²) in [5.41, 5.74) is 3.07. The quantitative estimate of drug-likeness (QED) is 0.263. The van der Waals surface area contributed by atoms with Gasteiger partial charge in [-0.3, -0.25) is 14.4 Å². The maximum Gasteiger partial charge on any atom is 0.313 e. The van der Waals surface area contributed by atoms with Crippen LogP contribution in [0.3, 0.4) is 0 Å². The van der Waals surface area contributed by atoms with Crippen LogP contribution in [0, 0.1) is 29.5 Å². The molecule has 2 atom stereocenters. The molecule has 1 aliphatic carbocycles. The van der Waals surface area contributed by atoms with Crippen molar-refractivity contribution >= 4 is 39.7 Å². The summed E-state index contributed by atoms with van der Waals surface area (Å²) in [6.07, 6.45) is 9.58. The number of halogens is 2. The van der Waals surface area contributed by atoms with Crippen molar-refractivity contribution in [1.29, 1.82) is 0 Å². The first-order valence-electron chi connectivity index (χ1n) is 17.9. The topological polar surface area (TPSA) is 95.9 Å². The Morgan fingerprint density at radius 3 is 2.36 bits per heavy atom. The van der Waals surface area contributed by atoms with Crippen LogP contribution in [0.2, 0.25) is 0 Å². The van der Waals surface area contributed by atoms with Gasteiger partial charge in [0.25, 0.3) is 11.8 Å². The zero-order valence-electron chi connectivity index (χ0n) is 29.1. The number of hydrogen-bond donors (Lipinski definition) is 0. The molecule has 2 amide bonds. The summed E-state index contributed by atoms with van der Waals surface area (Å²) in [4.78, 5) is 56.3. The van der Waals surface area contributed by atoms with Crippen molar-refractivity contribution in [3.05, 3.63) is 86.9 Å². The van der Waals surface area contributed by atoms with Crippen molar-refractivity contribution in [1.82, 2.24) is 19.8 Å². The zero-order valence-corrected chi connectivity index (χ0v) is 30.7. The van der Waals surface area contributed by atoms with Gasteiger partial charge in [-0.05, 0) is 104 Å². The van der Waals surface area contributed by atoms with Crippen LogP contribution >= 0.6 is 15.9 Å². The molecular weight excluding hydrogens is 701 g/mol. The first kappa shape index (κ1) is 34.6. The van der Waals surface area contributed by atoms with E-state index in [0.29, 0.717) is 59.7 Å². The minimum atomic E-state index is -0.761. The van der Waals surface area contributed by atoms with E-state index in [0.717, 1.165) is 68.7 Å². The lowest BCUT2D eigenvalue weighted by Crippen LogP contribution is -2.48. The van der Waals surface area contributed by atoms with Crippen LogP contribution in [-0.4, -0.2) is 83.9 Å². The van der Waals surface area contributed by atoms with Crippen LogP contribution in [0.25, 0.3) is 0 Å². The molecule has 4 fully saturated rings. The molecule has 3 saturated heterocycles. The van der Waals surface area contributed by atoms with Crippen molar-refractivity contribution in [2.45, 2.75) is 64.7 Å². The Morgan fingerprint density at radius 2 is 1.68 bits per heavy atom. The number of carbonyl (C=O) groups is 3. The zero-order chi connectivity index (χ0) is 35.2. The molecule has 1 unspecified atom stereocenters. The first-order valence-corrected chi connectivity index (χ1v) is 18.7. The molecule has 0 radical (unpaired) electrons. The Labute approximate surface area is 301 Å². The lowest BCUT2D eigenvalue weighted by atomic mass is 9.66. The Hall–Kier alpha value is -3.86. The normalized spacial score (nSPS) is 23.3. The molecule has 4 aliphatic rings. The van der Waals surface area contributed by atoms with E-state index in [1.165, 1.54) is 19.2 Å². The van der Waals surface area contributed by atoms with Crippen molar-refractivity contribution in [3.63, 3.8) is 0 Å². The highest BCUT2D eigenvalue weighted by molar-refractivity contribution is 9.10. The van der Waals surface area contributed by atoms with Crippen LogP contribution in [-0.2, 0) is 16.0 Å². The molecule has 50 heavy (non-hydrogen) atoms. The molecule has 2 aromatic carbocycles. The van der Waals surface area contributed by atoms with Gasteiger partial charge in [-0.25, -0.2) is 14.4 Å². The fourth-order valence-electron chi connectivity index (χ4n) is 9.26. The average molecular weight is 747 g/mol. The van der Waals surface area contributed by atoms with Crippen LogP contribution in [0.15, 0.2) is 53.3 Å². The third kappa shape index (κ3) is 6.09. The van der Waals surface area contributed by atoms with E-state index in [4.69, 9.17) is 4.74 Å². The number of piperidine rings is 2. The third-order valence-corrected chi connectivity index (χ3v) is 13.1. The number of rotatable bonds is 6. The van der Waals surface area contributed by atoms with Crippen LogP contribution in [0.5, 0.6) is 0 Å². The number of esters is 1. The van der Waals surface area contributed by atoms with Crippen molar-refractivity contribution in [3.8, 4) is 0 Å². The fourth-order valence-corrected chi connectivity index (χ4v) is 9.70. The van der Waals surface area contributed by atoms with Crippen LogP contribution in [0.1, 0.15) is 88.8 Å². The number of methoxy groups -OCH3 is 1. The Kier molecular flexibility index (Phi) is 9.47. The van der Waals surface area contributed by atoms with E-state index in [1.54, 1.807) is 4.90 Å². The first-order chi connectivity index (χ1) is 24.1. The van der Waals surface area contributed by atoms with Gasteiger partial charge < -0.3 is 19.4 Å². The lowest BCUT2D eigenvalue weighted by molar-refractivity contribution is -0.154. The van der Waals surface area contributed by atoms with Gasteiger partial charge in [-0.15, -0.1) is 0 Å². The molecule has 11 heteroatoms. The minimum Gasteiger partial charge on any atom is -0.469 e. The molecule has 7 rings (SSSR count). The summed E-state index contributed by atoms with van der Waals surface area (Å²) in [6.45, 7) is 7.48. The maximum atomic E-state index is 14.2. The molecule has 1 saturated carbocycles. The fraction of sp³-hybridized carbons (Fsp3) is 0.513. The minimum absolute atomic E-state index is 0.0544. The number of carbonyl (C=O) groups excluding carboxylic acids is 3. The highest BCUT2D eigenvalue weighted by Gasteiger charge is 2.65. The number of benzene rings is 2. The van der Waals surface area contributed by atoms with E-state index in [-0.39, 0.29) is 29.1 Å². The maximum absolute atomic E-state index is 14.2. The number of amides is 2. The number of ether oxygens (including phenoxy) is 1. The van der Waals surface area contributed by atoms with E-state index >= 15 is 0 Å². The predicted octanol–water partition coefficient (Wildman–Crippen LogP) is 6.58. The summed E-state index contributed by atoms with van der Waals surface area (Å²) >= 11 is 3.37. The van der Waals surface area contributed by atoms with Crippen LogP contribution < -0.4 is 4.90 Å². The number of likely N-dealkylation sites (tertiary alicyclic amines) is 2. The third-order valence-electron chi connectivity index (χ3n) is 12.3. The van der Waals surface area contributed by atoms with E-state index in [9.17, 15) is 18.8 Å². The average Bonchev–Trinajstić information content (AvgIpc) is 3.69. The highest BCUT2D eigenvalue weighted by atomic mass is 79.9. The second-order valence-corrected chi connectivity index (χ2v) is 15.6. The van der Waals surface area contributed by atoms with Crippen LogP contribution in [0.4, 0.5) is 10.3 Å². The summed E-state index contributed by atoms with van der Waals surface area (Å²) in [6, 6.07) is 10.7. The van der Waals surface area contributed by atoms with Gasteiger partial charge in [0.15, 0.2) is 0 Å². The number of aryl methyl sites for hydroxylation is 1. The number of fused-ring (bicyclic) bond motifs is 2. The molecule has 0 bridgehead atoms. The van der Waals surface area contributed by atoms with Gasteiger partial charge in [0.2, 0.25) is 5.95 Å². The monoisotopic (exact) mass is 745 g/mol. The summed E-state index contributed by atoms with van der Waals surface area (Å²) in [5, 5.41) is 0. The van der Waals surface area contributed by atoms with E-state index < -0.39 is 11.2 Å². The second-order valence-electron chi connectivity index (χ2n) is 14.7. The Bertz CT molecular complexity index is 1790. The van der Waals surface area contributed by atoms with Gasteiger partial charge in [-0.2, -0.15) is 0 Å². The SMILES string of the molecule is CCc1cnc(N2CCC(c3cccc(C(=O)N4C[C@H]5C6(CCN(C(=O)c7cc(F)cc(Br)c7C)CC6)CCC5(C(=O)OC)C4)c3)CC2)nc1. The molecule has 4 heterocycles. The molecule has 264 valence electrons. The number of anilines is 1. The molecule has 9 nitrogen and oxygen atoms in total. The lowest BCUT2D eigenvalue weighted by Gasteiger charge is -2.44. The summed E-state index contributed by atoms with van der Waals surface area (Å²) in [7, 11) is 1.44. The summed E-state index contributed by atoms with van der Waals surface area (Å²) in [5.74, 6) is 0.115. The van der Waals surface area contributed by atoms with Crippen molar-refractivity contribution < 1.29 is 23.5 Å². The number of hydrogen-bond acceptors (Lipinski definition) is 7. The second kappa shape index (κ2) is 13.7. The van der Waals surface area contributed by atoms with Gasteiger partial charge in [0.05, 0.1) is 12.5 Å². The van der Waals surface area contributed by atoms with E-state index in [2.05, 4.69) is 43.8 Å². The number of aromatic nitrogens is 2. The molecule has 0 N–H and O–H groups in total.